The molecule has 0 aliphatic heterocycles. The molecular weight excluding hydrogens is 387 g/mol. The topological polar surface area (TPSA) is 105 Å². The lowest BCUT2D eigenvalue weighted by molar-refractivity contribution is 0.469. The lowest BCUT2D eigenvalue weighted by Crippen LogP contribution is -2.11. The Kier molecular flexibility index (Phi) is 4.06. The number of para-hydroxylation sites is 1. The van der Waals surface area contributed by atoms with Crippen LogP contribution in [0.15, 0.2) is 71.7 Å². The number of hydrogen-bond donors (Lipinski definition) is 2. The molecule has 0 spiro atoms. The van der Waals surface area contributed by atoms with Crippen molar-refractivity contribution >= 4 is 28.2 Å². The number of fused-ring (bicyclic) bond motifs is 3. The van der Waals surface area contributed by atoms with Crippen LogP contribution in [0.25, 0.3) is 27.9 Å². The van der Waals surface area contributed by atoms with E-state index in [1.165, 1.54) is 22.8 Å². The number of aromatic nitrogens is 5. The molecule has 2 N–H and O–H groups in total. The summed E-state index contributed by atoms with van der Waals surface area (Å²) in [6.45, 7) is 0. The van der Waals surface area contributed by atoms with Gasteiger partial charge in [0, 0.05) is 17.6 Å². The molecule has 3 heterocycles. The van der Waals surface area contributed by atoms with E-state index in [0.29, 0.717) is 16.6 Å². The fraction of sp³-hybridized carbons (Fsp3) is 0. The lowest BCUT2D eigenvalue weighted by atomic mass is 10.2. The van der Waals surface area contributed by atoms with Gasteiger partial charge in [0.05, 0.1) is 11.1 Å². The second-order valence-corrected chi connectivity index (χ2v) is 6.46. The number of phenols is 1. The normalized spacial score (nSPS) is 11.1. The maximum Gasteiger partial charge on any atom is 0.293 e. The number of halogens is 1. The van der Waals surface area contributed by atoms with Gasteiger partial charge in [0.2, 0.25) is 5.95 Å². The molecule has 3 aromatic heterocycles. The van der Waals surface area contributed by atoms with Crippen molar-refractivity contribution in [3.63, 3.8) is 0 Å². The molecular formula is C21H13FN6O2. The molecule has 0 unspecified atom stereocenters. The van der Waals surface area contributed by atoms with Crippen molar-refractivity contribution in [1.82, 2.24) is 24.6 Å². The second kappa shape index (κ2) is 6.89. The second-order valence-electron chi connectivity index (χ2n) is 6.46. The standard InChI is InChI=1S/C21H13FN6O2/c22-15-11-12(29)8-9-13(15)18-26-19-14-5-1-2-6-16(14)24-21(28(19)27-18)25-17-7-3-4-10-23-20(17)30/h1-11,29H,(H,23,24,25,30). The quantitative estimate of drug-likeness (QED) is 0.479. The number of aromatic hydroxyl groups is 1. The van der Waals surface area contributed by atoms with Crippen molar-refractivity contribution in [3.05, 3.63) is 83.0 Å². The number of benzene rings is 2. The Morgan fingerprint density at radius 3 is 2.70 bits per heavy atom. The number of rotatable bonds is 3. The minimum atomic E-state index is -0.654. The van der Waals surface area contributed by atoms with E-state index >= 15 is 0 Å². The smallest absolute Gasteiger partial charge is 0.293 e. The summed E-state index contributed by atoms with van der Waals surface area (Å²) in [5.41, 5.74) is 0.929. The van der Waals surface area contributed by atoms with E-state index < -0.39 is 11.4 Å². The van der Waals surface area contributed by atoms with Crippen molar-refractivity contribution in [1.29, 1.82) is 0 Å². The number of hydrogen-bond acceptors (Lipinski definition) is 7. The zero-order valence-electron chi connectivity index (χ0n) is 15.3. The molecule has 0 amide bonds. The Bertz CT molecular complexity index is 1480. The molecule has 30 heavy (non-hydrogen) atoms. The summed E-state index contributed by atoms with van der Waals surface area (Å²) in [5, 5.41) is 17.5. The van der Waals surface area contributed by atoms with Gasteiger partial charge < -0.3 is 10.4 Å². The SMILES string of the molecule is O=c1nccccc1Nc1nc2ccccc2c2nc(-c3ccc(O)cc3F)nn12. The Labute approximate surface area is 168 Å². The molecule has 0 saturated heterocycles. The van der Waals surface area contributed by atoms with E-state index in [2.05, 4.69) is 25.4 Å². The first-order chi connectivity index (χ1) is 14.6. The zero-order valence-corrected chi connectivity index (χ0v) is 15.3. The van der Waals surface area contributed by atoms with Crippen molar-refractivity contribution in [3.8, 4) is 17.1 Å². The van der Waals surface area contributed by atoms with Gasteiger partial charge in [-0.1, -0.05) is 18.2 Å². The van der Waals surface area contributed by atoms with Crippen molar-refractivity contribution in [2.45, 2.75) is 0 Å². The summed E-state index contributed by atoms with van der Waals surface area (Å²) in [6.07, 6.45) is 1.40. The van der Waals surface area contributed by atoms with Crippen molar-refractivity contribution in [2.75, 3.05) is 5.32 Å². The monoisotopic (exact) mass is 400 g/mol. The largest absolute Gasteiger partial charge is 0.508 e. The third-order valence-electron chi connectivity index (χ3n) is 4.50. The van der Waals surface area contributed by atoms with Crippen LogP contribution in [0.4, 0.5) is 16.0 Å². The third-order valence-corrected chi connectivity index (χ3v) is 4.50. The van der Waals surface area contributed by atoms with Crippen LogP contribution in [0.1, 0.15) is 0 Å². The number of phenolic OH excluding ortho intramolecular Hbond substituents is 1. The molecule has 5 aromatic rings. The Morgan fingerprint density at radius 1 is 1.00 bits per heavy atom. The van der Waals surface area contributed by atoms with E-state index in [4.69, 9.17) is 0 Å². The molecule has 0 aliphatic carbocycles. The summed E-state index contributed by atoms with van der Waals surface area (Å²) in [4.78, 5) is 25.0. The summed E-state index contributed by atoms with van der Waals surface area (Å²) in [7, 11) is 0. The Balaban J connectivity index is 1.76. The maximum atomic E-state index is 14.4. The van der Waals surface area contributed by atoms with Gasteiger partial charge in [-0.3, -0.25) is 4.79 Å². The first kappa shape index (κ1) is 17.7. The minimum absolute atomic E-state index is 0.118. The molecule has 0 saturated carbocycles. The molecule has 8 nitrogen and oxygen atoms in total. The molecule has 5 rings (SSSR count). The molecule has 0 atom stereocenters. The number of nitrogens with zero attached hydrogens (tertiary/aromatic N) is 5. The van der Waals surface area contributed by atoms with Crippen molar-refractivity contribution < 1.29 is 9.50 Å². The van der Waals surface area contributed by atoms with E-state index in [0.717, 1.165) is 6.07 Å². The van der Waals surface area contributed by atoms with Gasteiger partial charge in [-0.15, -0.1) is 5.10 Å². The van der Waals surface area contributed by atoms with Crippen LogP contribution in [0.5, 0.6) is 5.75 Å². The number of anilines is 2. The summed E-state index contributed by atoms with van der Waals surface area (Å²) in [6, 6.07) is 15.9. The molecule has 0 bridgehead atoms. The number of nitrogens with one attached hydrogen (secondary N) is 1. The first-order valence-corrected chi connectivity index (χ1v) is 8.97. The highest BCUT2D eigenvalue weighted by Crippen LogP contribution is 2.27. The maximum absolute atomic E-state index is 14.4. The highest BCUT2D eigenvalue weighted by molar-refractivity contribution is 5.93. The zero-order chi connectivity index (χ0) is 20.7. The van der Waals surface area contributed by atoms with Gasteiger partial charge in [0.1, 0.15) is 17.3 Å². The Morgan fingerprint density at radius 2 is 1.83 bits per heavy atom. The molecule has 9 heteroatoms. The van der Waals surface area contributed by atoms with Crippen LogP contribution in [-0.4, -0.2) is 29.7 Å². The predicted molar refractivity (Wildman–Crippen MR) is 109 cm³/mol. The van der Waals surface area contributed by atoms with Crippen LogP contribution < -0.4 is 10.9 Å². The molecule has 0 aliphatic rings. The molecule has 2 aromatic carbocycles. The van der Waals surface area contributed by atoms with E-state index in [-0.39, 0.29) is 28.8 Å². The minimum Gasteiger partial charge on any atom is -0.508 e. The molecule has 0 fully saturated rings. The van der Waals surface area contributed by atoms with Gasteiger partial charge in [0.15, 0.2) is 11.5 Å². The molecule has 146 valence electrons. The van der Waals surface area contributed by atoms with Gasteiger partial charge in [0.25, 0.3) is 5.56 Å². The van der Waals surface area contributed by atoms with Crippen LogP contribution in [0, 0.1) is 5.82 Å². The van der Waals surface area contributed by atoms with Crippen LogP contribution in [-0.2, 0) is 0 Å². The highest BCUT2D eigenvalue weighted by Gasteiger charge is 2.17. The van der Waals surface area contributed by atoms with E-state index in [1.807, 2.05) is 18.2 Å². The average Bonchev–Trinajstić information content (AvgIpc) is 3.08. The lowest BCUT2D eigenvalue weighted by Gasteiger charge is -2.07. The molecule has 0 radical (unpaired) electrons. The fourth-order valence-corrected chi connectivity index (χ4v) is 3.10. The van der Waals surface area contributed by atoms with E-state index in [9.17, 15) is 14.3 Å². The van der Waals surface area contributed by atoms with Crippen LogP contribution in [0.3, 0.4) is 0 Å². The highest BCUT2D eigenvalue weighted by atomic mass is 19.1. The predicted octanol–water partition coefficient (Wildman–Crippen LogP) is 3.29. The van der Waals surface area contributed by atoms with Gasteiger partial charge in [-0.2, -0.15) is 4.52 Å². The first-order valence-electron chi connectivity index (χ1n) is 8.97. The summed E-state index contributed by atoms with van der Waals surface area (Å²) in [5.74, 6) is -0.500. The van der Waals surface area contributed by atoms with Gasteiger partial charge in [-0.05, 0) is 36.4 Å². The Hall–Kier alpha value is -4.40. The van der Waals surface area contributed by atoms with Gasteiger partial charge >= 0.3 is 0 Å². The van der Waals surface area contributed by atoms with Crippen LogP contribution in [0.2, 0.25) is 0 Å². The third kappa shape index (κ3) is 2.98. The summed E-state index contributed by atoms with van der Waals surface area (Å²) < 4.78 is 15.8. The van der Waals surface area contributed by atoms with E-state index in [1.54, 1.807) is 24.3 Å². The van der Waals surface area contributed by atoms with Gasteiger partial charge in [-0.25, -0.2) is 19.3 Å². The van der Waals surface area contributed by atoms with Crippen LogP contribution >= 0.6 is 0 Å². The van der Waals surface area contributed by atoms with Crippen molar-refractivity contribution in [2.24, 2.45) is 0 Å². The summed E-state index contributed by atoms with van der Waals surface area (Å²) >= 11 is 0. The average molecular weight is 400 g/mol. The fourth-order valence-electron chi connectivity index (χ4n) is 3.10.